The third kappa shape index (κ3) is 2.67. The van der Waals surface area contributed by atoms with Crippen molar-refractivity contribution < 1.29 is 4.79 Å². The minimum atomic E-state index is -0.0429. The highest BCUT2D eigenvalue weighted by Gasteiger charge is 2.09. The molecule has 0 fully saturated rings. The highest BCUT2D eigenvalue weighted by Crippen LogP contribution is 2.26. The van der Waals surface area contributed by atoms with Crippen LogP contribution in [0.15, 0.2) is 22.5 Å². The van der Waals surface area contributed by atoms with Crippen molar-refractivity contribution in [1.29, 1.82) is 0 Å². The molecule has 13 heavy (non-hydrogen) atoms. The van der Waals surface area contributed by atoms with Crippen molar-refractivity contribution in [2.24, 2.45) is 0 Å². The average Bonchev–Trinajstić information content (AvgIpc) is 2.43. The molecule has 1 rings (SSSR count). The standard InChI is InChI=1S/C9H10BrNOS/c1-3-4-11-9(12)7-5-6(2)8(10)13-7/h3,5H,1,4H2,2H3,(H,11,12). The van der Waals surface area contributed by atoms with Gasteiger partial charge >= 0.3 is 0 Å². The van der Waals surface area contributed by atoms with Gasteiger partial charge in [-0.15, -0.1) is 17.9 Å². The van der Waals surface area contributed by atoms with Crippen LogP contribution in [-0.4, -0.2) is 12.5 Å². The van der Waals surface area contributed by atoms with Gasteiger partial charge < -0.3 is 5.32 Å². The maximum atomic E-state index is 11.4. The molecule has 1 amide bonds. The molecule has 2 nitrogen and oxygen atoms in total. The Morgan fingerprint density at radius 1 is 1.85 bits per heavy atom. The summed E-state index contributed by atoms with van der Waals surface area (Å²) in [5, 5.41) is 2.72. The Bertz CT molecular complexity index is 313. The molecule has 0 unspecified atom stereocenters. The van der Waals surface area contributed by atoms with Crippen molar-refractivity contribution in [2.45, 2.75) is 6.92 Å². The van der Waals surface area contributed by atoms with Gasteiger partial charge in [0.1, 0.15) is 0 Å². The van der Waals surface area contributed by atoms with Gasteiger partial charge in [0.15, 0.2) is 0 Å². The molecule has 0 saturated carbocycles. The molecule has 0 aromatic carbocycles. The van der Waals surface area contributed by atoms with Crippen molar-refractivity contribution in [3.63, 3.8) is 0 Å². The predicted octanol–water partition coefficient (Wildman–Crippen LogP) is 2.73. The van der Waals surface area contributed by atoms with E-state index in [-0.39, 0.29) is 5.91 Å². The van der Waals surface area contributed by atoms with Crippen molar-refractivity contribution in [3.05, 3.63) is 32.9 Å². The fraction of sp³-hybridized carbons (Fsp3) is 0.222. The van der Waals surface area contributed by atoms with E-state index in [9.17, 15) is 4.79 Å². The Kier molecular flexibility index (Phi) is 3.69. The number of halogens is 1. The Morgan fingerprint density at radius 2 is 2.54 bits per heavy atom. The summed E-state index contributed by atoms with van der Waals surface area (Å²) in [6.45, 7) is 6.00. The lowest BCUT2D eigenvalue weighted by atomic mass is 10.3. The van der Waals surface area contributed by atoms with Gasteiger partial charge in [-0.1, -0.05) is 6.08 Å². The zero-order valence-corrected chi connectivity index (χ0v) is 9.67. The Hall–Kier alpha value is -0.610. The molecular formula is C9H10BrNOS. The maximum absolute atomic E-state index is 11.4. The molecule has 1 heterocycles. The SMILES string of the molecule is C=CCNC(=O)c1cc(C)c(Br)s1. The summed E-state index contributed by atoms with van der Waals surface area (Å²) in [5.74, 6) is -0.0429. The van der Waals surface area contributed by atoms with Crippen LogP contribution in [0.3, 0.4) is 0 Å². The van der Waals surface area contributed by atoms with Crippen molar-refractivity contribution in [3.8, 4) is 0 Å². The largest absolute Gasteiger partial charge is 0.348 e. The maximum Gasteiger partial charge on any atom is 0.261 e. The first-order chi connectivity index (χ1) is 6.15. The molecule has 4 heteroatoms. The fourth-order valence-corrected chi connectivity index (χ4v) is 2.27. The van der Waals surface area contributed by atoms with Gasteiger partial charge in [0.2, 0.25) is 0 Å². The van der Waals surface area contributed by atoms with E-state index in [1.165, 1.54) is 11.3 Å². The summed E-state index contributed by atoms with van der Waals surface area (Å²) < 4.78 is 1.01. The lowest BCUT2D eigenvalue weighted by molar-refractivity contribution is 0.0962. The molecule has 0 bridgehead atoms. The number of amides is 1. The molecule has 0 saturated heterocycles. The van der Waals surface area contributed by atoms with Crippen LogP contribution in [0, 0.1) is 6.92 Å². The van der Waals surface area contributed by atoms with Gasteiger partial charge in [0.05, 0.1) is 8.66 Å². The van der Waals surface area contributed by atoms with Crippen molar-refractivity contribution >= 4 is 33.2 Å². The molecule has 0 atom stereocenters. The fourth-order valence-electron chi connectivity index (χ4n) is 0.824. The van der Waals surface area contributed by atoms with Crippen molar-refractivity contribution in [1.82, 2.24) is 5.32 Å². The zero-order chi connectivity index (χ0) is 9.84. The number of carbonyl (C=O) groups excluding carboxylic acids is 1. The van der Waals surface area contributed by atoms with Crippen LogP contribution in [0.1, 0.15) is 15.2 Å². The Balaban J connectivity index is 2.71. The summed E-state index contributed by atoms with van der Waals surface area (Å²) >= 11 is 4.81. The second-order valence-electron chi connectivity index (χ2n) is 2.57. The van der Waals surface area contributed by atoms with Gasteiger partial charge in [-0.3, -0.25) is 4.79 Å². The van der Waals surface area contributed by atoms with Crippen LogP contribution >= 0.6 is 27.3 Å². The van der Waals surface area contributed by atoms with E-state index >= 15 is 0 Å². The number of nitrogens with one attached hydrogen (secondary N) is 1. The van der Waals surface area contributed by atoms with Gasteiger partial charge in [0.25, 0.3) is 5.91 Å². The first-order valence-electron chi connectivity index (χ1n) is 3.80. The molecule has 0 aliphatic carbocycles. The van der Waals surface area contributed by atoms with E-state index in [2.05, 4.69) is 27.8 Å². The number of carbonyl (C=O) groups is 1. The number of aryl methyl sites for hydroxylation is 1. The highest BCUT2D eigenvalue weighted by atomic mass is 79.9. The molecule has 70 valence electrons. The summed E-state index contributed by atoms with van der Waals surface area (Å²) in [6, 6.07) is 1.87. The molecular weight excluding hydrogens is 250 g/mol. The number of thiophene rings is 1. The van der Waals surface area contributed by atoms with E-state index < -0.39 is 0 Å². The van der Waals surface area contributed by atoms with Crippen LogP contribution in [0.4, 0.5) is 0 Å². The minimum absolute atomic E-state index is 0.0429. The average molecular weight is 260 g/mol. The van der Waals surface area contributed by atoms with Crippen LogP contribution in [-0.2, 0) is 0 Å². The van der Waals surface area contributed by atoms with E-state index in [1.54, 1.807) is 6.08 Å². The lowest BCUT2D eigenvalue weighted by Gasteiger charge is -1.96. The topological polar surface area (TPSA) is 29.1 Å². The van der Waals surface area contributed by atoms with Gasteiger partial charge in [-0.2, -0.15) is 0 Å². The summed E-state index contributed by atoms with van der Waals surface area (Å²) in [4.78, 5) is 12.1. The third-order valence-electron chi connectivity index (χ3n) is 1.49. The van der Waals surface area contributed by atoms with Crippen LogP contribution in [0.25, 0.3) is 0 Å². The second-order valence-corrected chi connectivity index (χ2v) is 4.94. The van der Waals surface area contributed by atoms with E-state index in [4.69, 9.17) is 0 Å². The van der Waals surface area contributed by atoms with E-state index in [0.717, 1.165) is 14.2 Å². The molecule has 1 aromatic rings. The Labute approximate surface area is 89.8 Å². The molecule has 1 aromatic heterocycles. The van der Waals surface area contributed by atoms with Crippen LogP contribution < -0.4 is 5.32 Å². The minimum Gasteiger partial charge on any atom is -0.348 e. The first-order valence-corrected chi connectivity index (χ1v) is 5.41. The summed E-state index contributed by atoms with van der Waals surface area (Å²) in [7, 11) is 0. The lowest BCUT2D eigenvalue weighted by Crippen LogP contribution is -2.21. The number of hydrogen-bond acceptors (Lipinski definition) is 2. The van der Waals surface area contributed by atoms with E-state index in [1.807, 2.05) is 13.0 Å². The molecule has 0 radical (unpaired) electrons. The smallest absolute Gasteiger partial charge is 0.261 e. The number of hydrogen-bond donors (Lipinski definition) is 1. The van der Waals surface area contributed by atoms with Crippen LogP contribution in [0.2, 0.25) is 0 Å². The summed E-state index contributed by atoms with van der Waals surface area (Å²) in [5.41, 5.74) is 1.09. The van der Waals surface area contributed by atoms with Crippen molar-refractivity contribution in [2.75, 3.05) is 6.54 Å². The zero-order valence-electron chi connectivity index (χ0n) is 7.26. The Morgan fingerprint density at radius 3 is 3.00 bits per heavy atom. The number of rotatable bonds is 3. The highest BCUT2D eigenvalue weighted by molar-refractivity contribution is 9.11. The quantitative estimate of drug-likeness (QED) is 0.832. The normalized spacial score (nSPS) is 9.69. The molecule has 0 aliphatic rings. The molecule has 1 N–H and O–H groups in total. The van der Waals surface area contributed by atoms with Gasteiger partial charge in [-0.05, 0) is 34.5 Å². The monoisotopic (exact) mass is 259 g/mol. The van der Waals surface area contributed by atoms with Gasteiger partial charge in [-0.25, -0.2) is 0 Å². The first kappa shape index (κ1) is 10.5. The summed E-state index contributed by atoms with van der Waals surface area (Å²) in [6.07, 6.45) is 1.66. The third-order valence-corrected chi connectivity index (χ3v) is 3.62. The van der Waals surface area contributed by atoms with E-state index in [0.29, 0.717) is 6.54 Å². The second kappa shape index (κ2) is 4.58. The van der Waals surface area contributed by atoms with Crippen LogP contribution in [0.5, 0.6) is 0 Å². The predicted molar refractivity (Wildman–Crippen MR) is 59.3 cm³/mol. The molecule has 0 spiro atoms. The molecule has 0 aliphatic heterocycles. The van der Waals surface area contributed by atoms with Gasteiger partial charge in [0, 0.05) is 6.54 Å².